The number of pyridine rings is 1. The minimum absolute atomic E-state index is 0.0634. The summed E-state index contributed by atoms with van der Waals surface area (Å²) in [6.07, 6.45) is 3.35. The molecule has 1 N–H and O–H groups in total. The highest BCUT2D eigenvalue weighted by atomic mass is 35.5. The molecule has 1 saturated carbocycles. The van der Waals surface area contributed by atoms with E-state index in [4.69, 9.17) is 11.6 Å². The fourth-order valence-electron chi connectivity index (χ4n) is 1.58. The van der Waals surface area contributed by atoms with E-state index in [2.05, 4.69) is 17.2 Å². The molecule has 3 nitrogen and oxygen atoms in total. The van der Waals surface area contributed by atoms with E-state index in [-0.39, 0.29) is 5.91 Å². The van der Waals surface area contributed by atoms with Gasteiger partial charge in [-0.05, 0) is 30.4 Å². The van der Waals surface area contributed by atoms with Crippen molar-refractivity contribution in [3.05, 3.63) is 23.5 Å². The summed E-state index contributed by atoms with van der Waals surface area (Å²) in [5.74, 6) is 1.35. The molecule has 2 rings (SSSR count). The average Bonchev–Trinajstić information content (AvgIpc) is 2.86. The van der Waals surface area contributed by atoms with Gasteiger partial charge in [0.05, 0.1) is 11.9 Å². The second-order valence-corrected chi connectivity index (χ2v) is 4.48. The van der Waals surface area contributed by atoms with Gasteiger partial charge in [0.2, 0.25) is 5.91 Å². The predicted molar refractivity (Wildman–Crippen MR) is 59.8 cm³/mol. The third kappa shape index (κ3) is 2.93. The smallest absolute Gasteiger partial charge is 0.224 e. The van der Waals surface area contributed by atoms with Gasteiger partial charge < -0.3 is 5.32 Å². The number of nitrogens with one attached hydrogen (secondary N) is 1. The lowest BCUT2D eigenvalue weighted by molar-refractivity contribution is -0.116. The van der Waals surface area contributed by atoms with Crippen LogP contribution >= 0.6 is 11.6 Å². The fraction of sp³-hybridized carbons (Fsp3) is 0.455. The zero-order valence-corrected chi connectivity index (χ0v) is 9.29. The minimum Gasteiger partial charge on any atom is -0.325 e. The Balaban J connectivity index is 1.85. The highest BCUT2D eigenvalue weighted by Crippen LogP contribution is 2.40. The topological polar surface area (TPSA) is 42.0 Å². The molecule has 1 aliphatic carbocycles. The third-order valence-electron chi connectivity index (χ3n) is 2.73. The quantitative estimate of drug-likeness (QED) is 0.803. The van der Waals surface area contributed by atoms with Crippen molar-refractivity contribution in [2.24, 2.45) is 11.8 Å². The number of halogens is 1. The van der Waals surface area contributed by atoms with Gasteiger partial charge in [0.1, 0.15) is 5.15 Å². The van der Waals surface area contributed by atoms with E-state index in [0.29, 0.717) is 29.1 Å². The number of nitrogens with zero attached hydrogens (tertiary/aromatic N) is 1. The number of amides is 1. The predicted octanol–water partition coefficient (Wildman–Crippen LogP) is 2.72. The SMILES string of the molecule is CC1CC1CC(=O)Nc1ccc(Cl)nc1. The Kier molecular flexibility index (Phi) is 2.91. The minimum atomic E-state index is 0.0634. The van der Waals surface area contributed by atoms with E-state index in [1.165, 1.54) is 6.42 Å². The van der Waals surface area contributed by atoms with Crippen molar-refractivity contribution in [2.75, 3.05) is 5.32 Å². The van der Waals surface area contributed by atoms with Crippen LogP contribution in [-0.4, -0.2) is 10.9 Å². The maximum atomic E-state index is 11.5. The molecule has 1 amide bonds. The number of hydrogen-bond donors (Lipinski definition) is 1. The third-order valence-corrected chi connectivity index (χ3v) is 2.96. The lowest BCUT2D eigenvalue weighted by Crippen LogP contribution is -2.12. The Bertz CT molecular complexity index is 363. The Labute approximate surface area is 93.8 Å². The molecule has 1 aromatic heterocycles. The van der Waals surface area contributed by atoms with E-state index in [1.807, 2.05) is 0 Å². The standard InChI is InChI=1S/C11H13ClN2O/c1-7-4-8(7)5-11(15)14-9-2-3-10(12)13-6-9/h2-3,6-8H,4-5H2,1H3,(H,14,15). The lowest BCUT2D eigenvalue weighted by atomic mass is 10.2. The van der Waals surface area contributed by atoms with Gasteiger partial charge in [0.15, 0.2) is 0 Å². The first kappa shape index (κ1) is 10.4. The highest BCUT2D eigenvalue weighted by molar-refractivity contribution is 6.29. The number of anilines is 1. The summed E-state index contributed by atoms with van der Waals surface area (Å²) in [4.78, 5) is 15.4. The maximum Gasteiger partial charge on any atom is 0.224 e. The van der Waals surface area contributed by atoms with Crippen LogP contribution in [0.25, 0.3) is 0 Å². The number of aromatic nitrogens is 1. The number of rotatable bonds is 3. The summed E-state index contributed by atoms with van der Waals surface area (Å²) >= 11 is 5.64. The molecule has 1 heterocycles. The van der Waals surface area contributed by atoms with Crippen LogP contribution in [0.1, 0.15) is 19.8 Å². The van der Waals surface area contributed by atoms with Crippen molar-refractivity contribution in [1.82, 2.24) is 4.98 Å². The summed E-state index contributed by atoms with van der Waals surface area (Å²) in [6, 6.07) is 3.42. The molecule has 2 atom stereocenters. The number of carbonyl (C=O) groups is 1. The van der Waals surface area contributed by atoms with Crippen LogP contribution < -0.4 is 5.32 Å². The second kappa shape index (κ2) is 4.19. The summed E-state index contributed by atoms with van der Waals surface area (Å²) in [6.45, 7) is 2.17. The van der Waals surface area contributed by atoms with Crippen molar-refractivity contribution in [2.45, 2.75) is 19.8 Å². The van der Waals surface area contributed by atoms with E-state index in [0.717, 1.165) is 0 Å². The van der Waals surface area contributed by atoms with Crippen LogP contribution in [0.5, 0.6) is 0 Å². The second-order valence-electron chi connectivity index (χ2n) is 4.09. The zero-order valence-electron chi connectivity index (χ0n) is 8.53. The average molecular weight is 225 g/mol. The van der Waals surface area contributed by atoms with Crippen molar-refractivity contribution in [3.8, 4) is 0 Å². The first-order valence-corrected chi connectivity index (χ1v) is 5.44. The van der Waals surface area contributed by atoms with Gasteiger partial charge in [-0.2, -0.15) is 0 Å². The van der Waals surface area contributed by atoms with E-state index < -0.39 is 0 Å². The van der Waals surface area contributed by atoms with Crippen LogP contribution in [0, 0.1) is 11.8 Å². The Hall–Kier alpha value is -1.09. The first-order chi connectivity index (χ1) is 7.15. The zero-order chi connectivity index (χ0) is 10.8. The van der Waals surface area contributed by atoms with Crippen LogP contribution in [0.3, 0.4) is 0 Å². The molecule has 0 aromatic carbocycles. The number of carbonyl (C=O) groups excluding carboxylic acids is 1. The van der Waals surface area contributed by atoms with Gasteiger partial charge in [-0.3, -0.25) is 4.79 Å². The van der Waals surface area contributed by atoms with Crippen LogP contribution in [0.4, 0.5) is 5.69 Å². The molecule has 0 aliphatic heterocycles. The molecule has 4 heteroatoms. The van der Waals surface area contributed by atoms with Crippen LogP contribution in [0.15, 0.2) is 18.3 Å². The molecule has 1 fully saturated rings. The number of hydrogen-bond acceptors (Lipinski definition) is 2. The molecule has 80 valence electrons. The van der Waals surface area contributed by atoms with Crippen molar-refractivity contribution < 1.29 is 4.79 Å². The van der Waals surface area contributed by atoms with Gasteiger partial charge in [-0.15, -0.1) is 0 Å². The molecule has 0 bridgehead atoms. The van der Waals surface area contributed by atoms with Gasteiger partial charge in [-0.1, -0.05) is 18.5 Å². The van der Waals surface area contributed by atoms with Crippen molar-refractivity contribution in [3.63, 3.8) is 0 Å². The van der Waals surface area contributed by atoms with Gasteiger partial charge in [0.25, 0.3) is 0 Å². The summed E-state index contributed by atoms with van der Waals surface area (Å²) in [5.41, 5.74) is 0.706. The molecule has 1 aliphatic rings. The molecule has 0 radical (unpaired) electrons. The summed E-state index contributed by atoms with van der Waals surface area (Å²) in [7, 11) is 0. The van der Waals surface area contributed by atoms with Gasteiger partial charge in [0, 0.05) is 6.42 Å². The van der Waals surface area contributed by atoms with E-state index >= 15 is 0 Å². The van der Waals surface area contributed by atoms with Crippen LogP contribution in [-0.2, 0) is 4.79 Å². The van der Waals surface area contributed by atoms with E-state index in [9.17, 15) is 4.79 Å². The van der Waals surface area contributed by atoms with Gasteiger partial charge >= 0.3 is 0 Å². The van der Waals surface area contributed by atoms with Crippen LogP contribution in [0.2, 0.25) is 5.15 Å². The summed E-state index contributed by atoms with van der Waals surface area (Å²) in [5, 5.41) is 3.24. The molecule has 15 heavy (non-hydrogen) atoms. The summed E-state index contributed by atoms with van der Waals surface area (Å²) < 4.78 is 0. The molecule has 0 saturated heterocycles. The van der Waals surface area contributed by atoms with Gasteiger partial charge in [-0.25, -0.2) is 4.98 Å². The molecular weight excluding hydrogens is 212 g/mol. The lowest BCUT2D eigenvalue weighted by Gasteiger charge is -2.03. The Morgan fingerprint density at radius 1 is 1.67 bits per heavy atom. The normalized spacial score (nSPS) is 23.6. The fourth-order valence-corrected chi connectivity index (χ4v) is 1.70. The maximum absolute atomic E-state index is 11.5. The highest BCUT2D eigenvalue weighted by Gasteiger charge is 2.34. The Morgan fingerprint density at radius 2 is 2.40 bits per heavy atom. The molecule has 1 aromatic rings. The Morgan fingerprint density at radius 3 is 2.93 bits per heavy atom. The molecule has 2 unspecified atom stereocenters. The molecule has 0 spiro atoms. The van der Waals surface area contributed by atoms with Crippen molar-refractivity contribution in [1.29, 1.82) is 0 Å². The monoisotopic (exact) mass is 224 g/mol. The van der Waals surface area contributed by atoms with E-state index in [1.54, 1.807) is 18.3 Å². The largest absolute Gasteiger partial charge is 0.325 e. The first-order valence-electron chi connectivity index (χ1n) is 5.06. The molecular formula is C11H13ClN2O. The van der Waals surface area contributed by atoms with Crippen molar-refractivity contribution >= 4 is 23.2 Å².